The van der Waals surface area contributed by atoms with Gasteiger partial charge in [-0.05, 0) is 34.1 Å². The molecular formula is C11H20N2O4. The lowest BCUT2D eigenvalue weighted by Crippen LogP contribution is -2.45. The molecule has 1 aliphatic rings. The molecule has 1 atom stereocenters. The summed E-state index contributed by atoms with van der Waals surface area (Å²) in [6, 6.07) is -0.456. The van der Waals surface area contributed by atoms with Gasteiger partial charge in [-0.2, -0.15) is 0 Å². The predicted octanol–water partition coefficient (Wildman–Crippen LogP) is 1.06. The van der Waals surface area contributed by atoms with Crippen LogP contribution in [0.4, 0.5) is 4.79 Å². The van der Waals surface area contributed by atoms with Gasteiger partial charge in [-0.15, -0.1) is 0 Å². The van der Waals surface area contributed by atoms with Crippen molar-refractivity contribution in [2.75, 3.05) is 13.2 Å². The van der Waals surface area contributed by atoms with Gasteiger partial charge in [0, 0.05) is 6.54 Å². The van der Waals surface area contributed by atoms with Crippen LogP contribution >= 0.6 is 0 Å². The number of hydrogen-bond donors (Lipinski definition) is 1. The molecule has 6 heteroatoms. The first kappa shape index (κ1) is 13.8. The minimum atomic E-state index is -0.541. The summed E-state index contributed by atoms with van der Waals surface area (Å²) in [5.41, 5.74) is 2.24. The van der Waals surface area contributed by atoms with E-state index in [1.54, 1.807) is 27.7 Å². The average molecular weight is 244 g/mol. The molecule has 0 aromatic heterocycles. The molecule has 0 radical (unpaired) electrons. The van der Waals surface area contributed by atoms with E-state index in [0.717, 1.165) is 0 Å². The van der Waals surface area contributed by atoms with Gasteiger partial charge in [-0.1, -0.05) is 0 Å². The van der Waals surface area contributed by atoms with Crippen molar-refractivity contribution in [1.82, 2.24) is 10.4 Å². The number of nitrogens with one attached hydrogen (secondary N) is 1. The zero-order chi connectivity index (χ0) is 13.1. The second-order valence-corrected chi connectivity index (χ2v) is 4.85. The number of nitrogens with zero attached hydrogens (tertiary/aromatic N) is 1. The van der Waals surface area contributed by atoms with Crippen molar-refractivity contribution in [3.63, 3.8) is 0 Å². The van der Waals surface area contributed by atoms with E-state index in [2.05, 4.69) is 5.43 Å². The third-order valence-electron chi connectivity index (χ3n) is 2.14. The fourth-order valence-electron chi connectivity index (χ4n) is 1.45. The molecule has 0 unspecified atom stereocenters. The topological polar surface area (TPSA) is 67.9 Å². The molecule has 1 rings (SSSR count). The first-order chi connectivity index (χ1) is 7.83. The Balaban J connectivity index is 2.45. The van der Waals surface area contributed by atoms with Gasteiger partial charge in [-0.3, -0.25) is 4.79 Å². The molecule has 1 heterocycles. The van der Waals surface area contributed by atoms with Crippen LogP contribution in [0.5, 0.6) is 0 Å². The minimum Gasteiger partial charge on any atom is -0.465 e. The Morgan fingerprint density at radius 3 is 2.59 bits per heavy atom. The molecule has 0 aromatic carbocycles. The van der Waals surface area contributed by atoms with Gasteiger partial charge in [0.05, 0.1) is 6.61 Å². The maximum absolute atomic E-state index is 11.7. The van der Waals surface area contributed by atoms with Gasteiger partial charge >= 0.3 is 12.1 Å². The van der Waals surface area contributed by atoms with Crippen LogP contribution in [0.25, 0.3) is 0 Å². The zero-order valence-electron chi connectivity index (χ0n) is 10.8. The molecule has 0 saturated carbocycles. The smallest absolute Gasteiger partial charge is 0.424 e. The van der Waals surface area contributed by atoms with Crippen LogP contribution < -0.4 is 5.43 Å². The highest BCUT2D eigenvalue weighted by atomic mass is 16.6. The van der Waals surface area contributed by atoms with E-state index in [1.165, 1.54) is 5.01 Å². The minimum absolute atomic E-state index is 0.335. The molecular weight excluding hydrogens is 224 g/mol. The van der Waals surface area contributed by atoms with Gasteiger partial charge < -0.3 is 9.47 Å². The largest absolute Gasteiger partial charge is 0.465 e. The number of amides is 1. The van der Waals surface area contributed by atoms with Crippen LogP contribution in [0.15, 0.2) is 0 Å². The number of hydrazine groups is 1. The van der Waals surface area contributed by atoms with Crippen molar-refractivity contribution in [2.24, 2.45) is 0 Å². The van der Waals surface area contributed by atoms with Crippen molar-refractivity contribution in [1.29, 1.82) is 0 Å². The zero-order valence-corrected chi connectivity index (χ0v) is 10.8. The number of rotatable bonds is 2. The molecule has 1 amide bonds. The van der Waals surface area contributed by atoms with Gasteiger partial charge in [0.2, 0.25) is 0 Å². The van der Waals surface area contributed by atoms with Crippen molar-refractivity contribution in [3.8, 4) is 0 Å². The number of esters is 1. The first-order valence-corrected chi connectivity index (χ1v) is 5.77. The van der Waals surface area contributed by atoms with Crippen molar-refractivity contribution in [2.45, 2.75) is 45.8 Å². The Morgan fingerprint density at radius 2 is 2.06 bits per heavy atom. The summed E-state index contributed by atoms with van der Waals surface area (Å²) in [6.45, 7) is 7.91. The van der Waals surface area contributed by atoms with Gasteiger partial charge in [0.25, 0.3) is 0 Å². The van der Waals surface area contributed by atoms with Crippen LogP contribution in [0.2, 0.25) is 0 Å². The maximum Gasteiger partial charge on any atom is 0.424 e. The Hall–Kier alpha value is -1.30. The molecule has 0 bridgehead atoms. The average Bonchev–Trinajstić information content (AvgIpc) is 2.63. The molecule has 1 aliphatic heterocycles. The summed E-state index contributed by atoms with van der Waals surface area (Å²) in [7, 11) is 0. The number of carbonyl (C=O) groups excluding carboxylic acids is 2. The molecule has 0 aliphatic carbocycles. The summed E-state index contributed by atoms with van der Waals surface area (Å²) in [5.74, 6) is -0.335. The molecule has 1 saturated heterocycles. The normalized spacial score (nSPS) is 20.2. The van der Waals surface area contributed by atoms with Crippen molar-refractivity contribution in [3.05, 3.63) is 0 Å². The van der Waals surface area contributed by atoms with Gasteiger partial charge in [0.15, 0.2) is 0 Å². The summed E-state index contributed by atoms with van der Waals surface area (Å²) < 4.78 is 10.1. The Bertz CT molecular complexity index is 298. The number of ether oxygens (including phenoxy) is 2. The predicted molar refractivity (Wildman–Crippen MR) is 61.1 cm³/mol. The molecule has 6 nitrogen and oxygen atoms in total. The Kier molecular flexibility index (Phi) is 4.34. The molecule has 0 aromatic rings. The highest BCUT2D eigenvalue weighted by molar-refractivity contribution is 5.77. The third-order valence-corrected chi connectivity index (χ3v) is 2.14. The lowest BCUT2D eigenvalue weighted by molar-refractivity contribution is -0.145. The number of hydrogen-bond acceptors (Lipinski definition) is 5. The fraction of sp³-hybridized carbons (Fsp3) is 0.818. The van der Waals surface area contributed by atoms with E-state index in [1.807, 2.05) is 0 Å². The van der Waals surface area contributed by atoms with Crippen molar-refractivity contribution < 1.29 is 19.1 Å². The maximum atomic E-state index is 11.7. The Morgan fingerprint density at radius 1 is 1.41 bits per heavy atom. The Labute approximate surface area is 101 Å². The van der Waals surface area contributed by atoms with E-state index >= 15 is 0 Å². The summed E-state index contributed by atoms with van der Waals surface area (Å²) >= 11 is 0. The molecule has 0 spiro atoms. The standard InChI is InChI=1S/C11H20N2O4/c1-5-16-9(14)8-6-7-13(12-8)10(15)17-11(2,3)4/h8,12H,5-7H2,1-4H3/t8-/m0/s1. The SMILES string of the molecule is CCOC(=O)[C@@H]1CCN(C(=O)OC(C)(C)C)N1. The quantitative estimate of drug-likeness (QED) is 0.736. The first-order valence-electron chi connectivity index (χ1n) is 5.77. The second kappa shape index (κ2) is 5.35. The summed E-state index contributed by atoms with van der Waals surface area (Å²) in [6.07, 6.45) is 0.0715. The lowest BCUT2D eigenvalue weighted by Gasteiger charge is -2.24. The molecule has 17 heavy (non-hydrogen) atoms. The summed E-state index contributed by atoms with van der Waals surface area (Å²) in [4.78, 5) is 23.1. The van der Waals surface area contributed by atoms with Gasteiger partial charge in [0.1, 0.15) is 11.6 Å². The molecule has 1 fully saturated rings. The van der Waals surface area contributed by atoms with Crippen LogP contribution in [-0.2, 0) is 14.3 Å². The van der Waals surface area contributed by atoms with Crippen LogP contribution in [0, 0.1) is 0 Å². The second-order valence-electron chi connectivity index (χ2n) is 4.85. The highest BCUT2D eigenvalue weighted by Gasteiger charge is 2.33. The third kappa shape index (κ3) is 4.22. The number of carbonyl (C=O) groups is 2. The van der Waals surface area contributed by atoms with E-state index in [-0.39, 0.29) is 5.97 Å². The van der Waals surface area contributed by atoms with E-state index in [0.29, 0.717) is 19.6 Å². The van der Waals surface area contributed by atoms with E-state index in [9.17, 15) is 9.59 Å². The highest BCUT2D eigenvalue weighted by Crippen LogP contribution is 2.13. The summed E-state index contributed by atoms with van der Waals surface area (Å²) in [5, 5.41) is 1.31. The molecule has 98 valence electrons. The fourth-order valence-corrected chi connectivity index (χ4v) is 1.45. The molecule has 1 N–H and O–H groups in total. The lowest BCUT2D eigenvalue weighted by atomic mass is 10.2. The van der Waals surface area contributed by atoms with Crippen LogP contribution in [0.1, 0.15) is 34.1 Å². The monoisotopic (exact) mass is 244 g/mol. The van der Waals surface area contributed by atoms with Gasteiger partial charge in [-0.25, -0.2) is 15.2 Å². The van der Waals surface area contributed by atoms with E-state index in [4.69, 9.17) is 9.47 Å². The van der Waals surface area contributed by atoms with Crippen LogP contribution in [-0.4, -0.2) is 41.9 Å². The van der Waals surface area contributed by atoms with Crippen molar-refractivity contribution >= 4 is 12.1 Å². The van der Waals surface area contributed by atoms with E-state index < -0.39 is 17.7 Å². The van der Waals surface area contributed by atoms with Crippen LogP contribution in [0.3, 0.4) is 0 Å².